The molecular weight excluding hydrogens is 464 g/mol. The lowest BCUT2D eigenvalue weighted by Gasteiger charge is -2.23. The standard InChI is InChI=1S/C27H26N2O7/c1-13-23(9-7-18-17-4-3-5-19(17)27(34)36-24(13)18)35-14(2)25(31)29-22(26(32)33)10-15-12-28-21-8-6-16(30)11-20(15)21/h6-9,11-12,14,22,28,30H,3-5,10H2,1-2H3,(H,29,31)(H,32,33)/p-1/t14-,22-/m1/s1. The molecule has 0 spiro atoms. The van der Waals surface area contributed by atoms with Gasteiger partial charge >= 0.3 is 5.63 Å². The smallest absolute Gasteiger partial charge is 0.339 e. The number of aromatic amines is 1. The molecule has 1 amide bonds. The molecule has 4 aromatic rings. The quantitative estimate of drug-likeness (QED) is 0.337. The van der Waals surface area contributed by atoms with Gasteiger partial charge in [-0.05, 0) is 74.6 Å². The number of phenols is 1. The topological polar surface area (TPSA) is 145 Å². The first kappa shape index (κ1) is 23.5. The monoisotopic (exact) mass is 489 g/mol. The summed E-state index contributed by atoms with van der Waals surface area (Å²) in [5, 5.41) is 25.6. The van der Waals surface area contributed by atoms with Crippen LogP contribution >= 0.6 is 0 Å². The Hall–Kier alpha value is -4.27. The zero-order valence-electron chi connectivity index (χ0n) is 19.8. The number of fused-ring (bicyclic) bond motifs is 4. The van der Waals surface area contributed by atoms with E-state index in [4.69, 9.17) is 9.15 Å². The highest BCUT2D eigenvalue weighted by Crippen LogP contribution is 2.33. The van der Waals surface area contributed by atoms with E-state index in [1.807, 2.05) is 6.07 Å². The molecule has 0 aliphatic heterocycles. The third kappa shape index (κ3) is 4.17. The average molecular weight is 490 g/mol. The Kier molecular flexibility index (Phi) is 5.91. The highest BCUT2D eigenvalue weighted by molar-refractivity contribution is 5.89. The van der Waals surface area contributed by atoms with Gasteiger partial charge in [0.1, 0.15) is 17.1 Å². The number of carbonyl (C=O) groups excluding carboxylic acids is 2. The maximum atomic E-state index is 12.8. The second-order valence-corrected chi connectivity index (χ2v) is 9.15. The number of rotatable bonds is 7. The first-order valence-electron chi connectivity index (χ1n) is 11.8. The van der Waals surface area contributed by atoms with Gasteiger partial charge in [-0.25, -0.2) is 4.79 Å². The van der Waals surface area contributed by atoms with Gasteiger partial charge in [0.15, 0.2) is 6.10 Å². The van der Waals surface area contributed by atoms with E-state index in [0.717, 1.165) is 34.9 Å². The number of aliphatic carboxylic acids is 1. The van der Waals surface area contributed by atoms with Gasteiger partial charge in [0.25, 0.3) is 5.91 Å². The van der Waals surface area contributed by atoms with Crippen molar-refractivity contribution in [3.05, 3.63) is 69.2 Å². The minimum atomic E-state index is -1.44. The van der Waals surface area contributed by atoms with Crippen LogP contribution in [-0.2, 0) is 28.9 Å². The Morgan fingerprint density at radius 2 is 1.97 bits per heavy atom. The van der Waals surface area contributed by atoms with Crippen LogP contribution in [0.5, 0.6) is 11.5 Å². The fourth-order valence-electron chi connectivity index (χ4n) is 4.87. The van der Waals surface area contributed by atoms with Gasteiger partial charge in [-0.2, -0.15) is 0 Å². The number of aryl methyl sites for hydroxylation is 2. The maximum absolute atomic E-state index is 12.8. The number of benzene rings is 2. The lowest BCUT2D eigenvalue weighted by molar-refractivity contribution is -0.308. The first-order chi connectivity index (χ1) is 17.2. The summed E-state index contributed by atoms with van der Waals surface area (Å²) in [4.78, 5) is 40.0. The van der Waals surface area contributed by atoms with E-state index in [1.54, 1.807) is 25.3 Å². The summed E-state index contributed by atoms with van der Waals surface area (Å²) in [7, 11) is 0. The van der Waals surface area contributed by atoms with Gasteiger partial charge in [0, 0.05) is 40.0 Å². The van der Waals surface area contributed by atoms with E-state index in [2.05, 4.69) is 10.3 Å². The van der Waals surface area contributed by atoms with Crippen LogP contribution in [0, 0.1) is 6.92 Å². The number of nitrogens with one attached hydrogen (secondary N) is 2. The molecule has 9 nitrogen and oxygen atoms in total. The normalized spacial score (nSPS) is 14.5. The lowest BCUT2D eigenvalue weighted by Crippen LogP contribution is -2.52. The molecular formula is C27H25N2O7-. The molecule has 1 aliphatic rings. The third-order valence-electron chi connectivity index (χ3n) is 6.79. The Morgan fingerprint density at radius 1 is 1.19 bits per heavy atom. The summed E-state index contributed by atoms with van der Waals surface area (Å²) < 4.78 is 11.4. The number of carbonyl (C=O) groups is 2. The minimum absolute atomic E-state index is 0.0461. The Bertz CT molecular complexity index is 1570. The third-order valence-corrected chi connectivity index (χ3v) is 6.79. The molecule has 2 aromatic carbocycles. The van der Waals surface area contributed by atoms with Crippen molar-refractivity contribution in [2.24, 2.45) is 0 Å². The predicted octanol–water partition coefficient (Wildman–Crippen LogP) is 2.02. The Balaban J connectivity index is 1.33. The van der Waals surface area contributed by atoms with Crippen LogP contribution in [-0.4, -0.2) is 34.1 Å². The number of aromatic hydroxyl groups is 1. The molecule has 2 aromatic heterocycles. The highest BCUT2D eigenvalue weighted by atomic mass is 16.5. The maximum Gasteiger partial charge on any atom is 0.339 e. The van der Waals surface area contributed by atoms with Crippen molar-refractivity contribution in [2.75, 3.05) is 0 Å². The van der Waals surface area contributed by atoms with Gasteiger partial charge in [-0.3, -0.25) is 4.79 Å². The molecule has 186 valence electrons. The molecule has 0 saturated carbocycles. The Labute approximate surface area is 205 Å². The number of hydrogen-bond acceptors (Lipinski definition) is 7. The number of hydrogen-bond donors (Lipinski definition) is 3. The number of carboxylic acids is 1. The van der Waals surface area contributed by atoms with Crippen molar-refractivity contribution < 1.29 is 29.0 Å². The van der Waals surface area contributed by atoms with E-state index in [0.29, 0.717) is 34.3 Å². The largest absolute Gasteiger partial charge is 0.548 e. The lowest BCUT2D eigenvalue weighted by atomic mass is 10.0. The van der Waals surface area contributed by atoms with E-state index >= 15 is 0 Å². The number of amides is 1. The first-order valence-corrected chi connectivity index (χ1v) is 11.8. The summed E-state index contributed by atoms with van der Waals surface area (Å²) in [6, 6.07) is 6.96. The van der Waals surface area contributed by atoms with Crippen molar-refractivity contribution in [1.82, 2.24) is 10.3 Å². The van der Waals surface area contributed by atoms with Crippen LogP contribution < -0.4 is 20.8 Å². The van der Waals surface area contributed by atoms with Crippen molar-refractivity contribution in [1.29, 1.82) is 0 Å². The molecule has 0 unspecified atom stereocenters. The molecule has 0 saturated heterocycles. The van der Waals surface area contributed by atoms with Crippen LogP contribution in [0.1, 0.15) is 35.6 Å². The van der Waals surface area contributed by atoms with Crippen LogP contribution in [0.3, 0.4) is 0 Å². The number of aromatic nitrogens is 1. The van der Waals surface area contributed by atoms with Crippen molar-refractivity contribution in [3.8, 4) is 11.5 Å². The van der Waals surface area contributed by atoms with Gasteiger partial charge in [-0.15, -0.1) is 0 Å². The minimum Gasteiger partial charge on any atom is -0.548 e. The van der Waals surface area contributed by atoms with Gasteiger partial charge in [0.2, 0.25) is 0 Å². The van der Waals surface area contributed by atoms with Crippen LogP contribution in [0.4, 0.5) is 0 Å². The summed E-state index contributed by atoms with van der Waals surface area (Å²) in [6.07, 6.45) is 2.99. The molecule has 3 N–H and O–H groups in total. The van der Waals surface area contributed by atoms with Gasteiger partial charge in [-0.1, -0.05) is 0 Å². The fourth-order valence-corrected chi connectivity index (χ4v) is 4.87. The van der Waals surface area contributed by atoms with Crippen molar-refractivity contribution in [3.63, 3.8) is 0 Å². The predicted molar refractivity (Wildman–Crippen MR) is 130 cm³/mol. The van der Waals surface area contributed by atoms with Crippen LogP contribution in [0.2, 0.25) is 0 Å². The molecule has 5 rings (SSSR count). The molecule has 1 aliphatic carbocycles. The molecule has 9 heteroatoms. The molecule has 0 bridgehead atoms. The average Bonchev–Trinajstić information content (AvgIpc) is 3.49. The zero-order chi connectivity index (χ0) is 25.6. The molecule has 2 atom stereocenters. The van der Waals surface area contributed by atoms with Crippen LogP contribution in [0.15, 0.2) is 45.7 Å². The number of H-pyrrole nitrogens is 1. The van der Waals surface area contributed by atoms with Gasteiger partial charge in [0.05, 0.1) is 12.0 Å². The number of phenolic OH excluding ortho intramolecular Hbond substituents is 1. The van der Waals surface area contributed by atoms with E-state index < -0.39 is 24.0 Å². The second kappa shape index (κ2) is 9.07. The van der Waals surface area contributed by atoms with E-state index in [1.165, 1.54) is 19.1 Å². The Morgan fingerprint density at radius 3 is 2.75 bits per heavy atom. The molecule has 0 radical (unpaired) electrons. The zero-order valence-corrected chi connectivity index (χ0v) is 19.8. The number of ether oxygens (including phenoxy) is 1. The summed E-state index contributed by atoms with van der Waals surface area (Å²) in [6.45, 7) is 3.26. The number of carboxylic acid groups (broad SMARTS) is 1. The van der Waals surface area contributed by atoms with E-state index in [9.17, 15) is 24.6 Å². The van der Waals surface area contributed by atoms with Crippen molar-refractivity contribution >= 4 is 33.7 Å². The fraction of sp³-hybridized carbons (Fsp3) is 0.296. The van der Waals surface area contributed by atoms with Crippen molar-refractivity contribution in [2.45, 2.75) is 51.7 Å². The molecule has 0 fully saturated rings. The second-order valence-electron chi connectivity index (χ2n) is 9.15. The highest BCUT2D eigenvalue weighted by Gasteiger charge is 2.24. The summed E-state index contributed by atoms with van der Waals surface area (Å²) >= 11 is 0. The summed E-state index contributed by atoms with van der Waals surface area (Å²) in [5.74, 6) is -1.67. The summed E-state index contributed by atoms with van der Waals surface area (Å²) in [5.41, 5.74) is 3.74. The SMILES string of the molecule is Cc1c(O[C@H](C)C(=O)N[C@H](Cc2c[nH]c3ccc(O)cc23)C(=O)[O-])ccc2c3c(c(=O)oc12)CCC3. The van der Waals surface area contributed by atoms with E-state index in [-0.39, 0.29) is 17.8 Å². The molecule has 2 heterocycles. The van der Waals surface area contributed by atoms with Crippen LogP contribution in [0.25, 0.3) is 21.9 Å². The molecule has 36 heavy (non-hydrogen) atoms. The van der Waals surface area contributed by atoms with Gasteiger partial charge < -0.3 is 34.5 Å².